The third-order valence-electron chi connectivity index (χ3n) is 6.16. The van der Waals surface area contributed by atoms with Crippen molar-refractivity contribution in [1.29, 1.82) is 0 Å². The molecule has 2 aliphatic rings. The zero-order valence-corrected chi connectivity index (χ0v) is 18.1. The molecule has 2 saturated heterocycles. The first-order valence-corrected chi connectivity index (χ1v) is 11.1. The van der Waals surface area contributed by atoms with E-state index in [0.717, 1.165) is 51.4 Å². The quantitative estimate of drug-likeness (QED) is 0.797. The number of piperazine rings is 1. The lowest BCUT2D eigenvalue weighted by Crippen LogP contribution is -2.55. The fraction of sp³-hybridized carbons (Fsp3) is 0.652. The van der Waals surface area contributed by atoms with Crippen molar-refractivity contribution in [3.05, 3.63) is 30.3 Å². The zero-order valence-electron chi connectivity index (χ0n) is 18.1. The van der Waals surface area contributed by atoms with Crippen molar-refractivity contribution in [3.63, 3.8) is 0 Å². The average Bonchev–Trinajstić information content (AvgIpc) is 2.70. The smallest absolute Gasteiger partial charge is 0.241 e. The number of likely N-dealkylation sites (tertiary alicyclic amines) is 1. The normalized spacial score (nSPS) is 24.9. The van der Waals surface area contributed by atoms with Gasteiger partial charge in [0.1, 0.15) is 0 Å². The molecule has 6 heteroatoms. The monoisotopic (exact) mass is 400 g/mol. The molecular formula is C23H36N4O2. The van der Waals surface area contributed by atoms with Gasteiger partial charge in [-0.25, -0.2) is 0 Å². The fourth-order valence-electron chi connectivity index (χ4n) is 4.75. The number of piperidine rings is 1. The lowest BCUT2D eigenvalue weighted by molar-refractivity contribution is -0.136. The van der Waals surface area contributed by atoms with E-state index in [1.165, 1.54) is 6.42 Å². The molecule has 1 aromatic carbocycles. The second kappa shape index (κ2) is 10.2. The number of carbonyl (C=O) groups is 2. The van der Waals surface area contributed by atoms with Crippen molar-refractivity contribution < 1.29 is 9.59 Å². The molecule has 2 fully saturated rings. The number of carbonyl (C=O) groups excluding carboxylic acids is 2. The molecule has 0 spiro atoms. The van der Waals surface area contributed by atoms with Crippen molar-refractivity contribution in [2.75, 3.05) is 51.1 Å². The highest BCUT2D eigenvalue weighted by Crippen LogP contribution is 2.21. The molecule has 1 aromatic rings. The van der Waals surface area contributed by atoms with Gasteiger partial charge in [0.05, 0.1) is 12.6 Å². The molecule has 0 aliphatic carbocycles. The summed E-state index contributed by atoms with van der Waals surface area (Å²) in [5.74, 6) is 1.49. The maximum atomic E-state index is 12.7. The standard InChI is InChI=1S/C23H36N4O2/c1-4-21(23(29)24-20-8-6-5-7-9-20)26-12-10-25(11-13-26)17-22(28)27-15-18(2)14-19(3)16-27/h5-9,18-19,21H,4,10-17H2,1-3H3,(H,24,29)/t18-,19+,21-/m0/s1. The number of hydrogen-bond acceptors (Lipinski definition) is 4. The number of anilines is 1. The summed E-state index contributed by atoms with van der Waals surface area (Å²) in [6.45, 7) is 12.1. The molecule has 2 aliphatic heterocycles. The van der Waals surface area contributed by atoms with Crippen LogP contribution in [-0.2, 0) is 9.59 Å². The Hall–Kier alpha value is -1.92. The van der Waals surface area contributed by atoms with Crippen molar-refractivity contribution in [1.82, 2.24) is 14.7 Å². The first-order valence-electron chi connectivity index (χ1n) is 11.1. The number of nitrogens with zero attached hydrogens (tertiary/aromatic N) is 3. The lowest BCUT2D eigenvalue weighted by Gasteiger charge is -2.40. The van der Waals surface area contributed by atoms with Crippen molar-refractivity contribution in [2.24, 2.45) is 11.8 Å². The van der Waals surface area contributed by atoms with Gasteiger partial charge >= 0.3 is 0 Å². The van der Waals surface area contributed by atoms with E-state index in [2.05, 4.69) is 35.9 Å². The van der Waals surface area contributed by atoms with Gasteiger partial charge in [-0.3, -0.25) is 19.4 Å². The lowest BCUT2D eigenvalue weighted by atomic mass is 9.92. The van der Waals surface area contributed by atoms with Crippen LogP contribution < -0.4 is 5.32 Å². The SMILES string of the molecule is CC[C@@H](C(=O)Nc1ccccc1)N1CCN(CC(=O)N2C[C@H](C)C[C@H](C)C2)CC1. The van der Waals surface area contributed by atoms with Crippen LogP contribution in [0.25, 0.3) is 0 Å². The highest BCUT2D eigenvalue weighted by Gasteiger charge is 2.30. The maximum Gasteiger partial charge on any atom is 0.241 e. The highest BCUT2D eigenvalue weighted by atomic mass is 16.2. The number of para-hydroxylation sites is 1. The Kier molecular flexibility index (Phi) is 7.67. The Labute approximate surface area is 175 Å². The summed E-state index contributed by atoms with van der Waals surface area (Å²) >= 11 is 0. The molecule has 1 N–H and O–H groups in total. The van der Waals surface area contributed by atoms with Crippen LogP contribution in [0.2, 0.25) is 0 Å². The molecule has 0 saturated carbocycles. The molecule has 0 aromatic heterocycles. The van der Waals surface area contributed by atoms with Crippen LogP contribution in [0.3, 0.4) is 0 Å². The summed E-state index contributed by atoms with van der Waals surface area (Å²) in [5.41, 5.74) is 0.838. The summed E-state index contributed by atoms with van der Waals surface area (Å²) < 4.78 is 0. The minimum absolute atomic E-state index is 0.0551. The maximum absolute atomic E-state index is 12.7. The Balaban J connectivity index is 1.47. The largest absolute Gasteiger partial charge is 0.341 e. The number of nitrogens with one attached hydrogen (secondary N) is 1. The number of benzene rings is 1. The molecule has 2 amide bonds. The summed E-state index contributed by atoms with van der Waals surface area (Å²) in [4.78, 5) is 32.0. The highest BCUT2D eigenvalue weighted by molar-refractivity contribution is 5.94. The van der Waals surface area contributed by atoms with Gasteiger partial charge in [0, 0.05) is 45.0 Å². The molecule has 0 bridgehead atoms. The topological polar surface area (TPSA) is 55.9 Å². The molecule has 0 radical (unpaired) electrons. The van der Waals surface area contributed by atoms with Crippen molar-refractivity contribution in [2.45, 2.75) is 39.7 Å². The molecule has 2 heterocycles. The molecule has 3 atom stereocenters. The van der Waals surface area contributed by atoms with E-state index in [0.29, 0.717) is 18.4 Å². The number of rotatable bonds is 6. The Morgan fingerprint density at radius 1 is 1.03 bits per heavy atom. The Morgan fingerprint density at radius 3 is 2.24 bits per heavy atom. The van der Waals surface area contributed by atoms with Crippen LogP contribution in [0.15, 0.2) is 30.3 Å². The predicted molar refractivity (Wildman–Crippen MR) is 117 cm³/mol. The van der Waals surface area contributed by atoms with Crippen LogP contribution >= 0.6 is 0 Å². The van der Waals surface area contributed by atoms with Crippen molar-refractivity contribution in [3.8, 4) is 0 Å². The van der Waals surface area contributed by atoms with E-state index in [9.17, 15) is 9.59 Å². The van der Waals surface area contributed by atoms with Gasteiger partial charge in [-0.2, -0.15) is 0 Å². The Morgan fingerprint density at radius 2 is 1.66 bits per heavy atom. The van der Waals surface area contributed by atoms with E-state index in [1.807, 2.05) is 35.2 Å². The van der Waals surface area contributed by atoms with Gasteiger partial charge in [0.2, 0.25) is 11.8 Å². The summed E-state index contributed by atoms with van der Waals surface area (Å²) in [6, 6.07) is 9.50. The number of amides is 2. The van der Waals surface area contributed by atoms with E-state index >= 15 is 0 Å². The van der Waals surface area contributed by atoms with Crippen LogP contribution in [0.1, 0.15) is 33.6 Å². The van der Waals surface area contributed by atoms with Crippen LogP contribution in [0, 0.1) is 11.8 Å². The van der Waals surface area contributed by atoms with E-state index in [1.54, 1.807) is 0 Å². The molecular weight excluding hydrogens is 364 g/mol. The van der Waals surface area contributed by atoms with Crippen LogP contribution in [0.4, 0.5) is 5.69 Å². The van der Waals surface area contributed by atoms with Crippen molar-refractivity contribution >= 4 is 17.5 Å². The first kappa shape index (κ1) is 21.8. The minimum atomic E-state index is -0.128. The second-order valence-corrected chi connectivity index (χ2v) is 8.84. The first-order chi connectivity index (χ1) is 14.0. The van der Waals surface area contributed by atoms with Gasteiger partial charge in [0.15, 0.2) is 0 Å². The summed E-state index contributed by atoms with van der Waals surface area (Å²) in [7, 11) is 0. The van der Waals surface area contributed by atoms with E-state index < -0.39 is 0 Å². The van der Waals surface area contributed by atoms with Crippen LogP contribution in [-0.4, -0.2) is 78.4 Å². The summed E-state index contributed by atoms with van der Waals surface area (Å²) in [5, 5.41) is 3.03. The van der Waals surface area contributed by atoms with Gasteiger partial charge in [0.25, 0.3) is 0 Å². The van der Waals surface area contributed by atoms with E-state index in [4.69, 9.17) is 0 Å². The molecule has 29 heavy (non-hydrogen) atoms. The Bertz CT molecular complexity index is 663. The van der Waals surface area contributed by atoms with Gasteiger partial charge < -0.3 is 10.2 Å². The van der Waals surface area contributed by atoms with Gasteiger partial charge in [-0.1, -0.05) is 39.0 Å². The molecule has 0 unspecified atom stereocenters. The third-order valence-corrected chi connectivity index (χ3v) is 6.16. The van der Waals surface area contributed by atoms with Gasteiger partial charge in [-0.05, 0) is 36.8 Å². The predicted octanol–water partition coefficient (Wildman–Crippen LogP) is 2.53. The minimum Gasteiger partial charge on any atom is -0.341 e. The fourth-order valence-corrected chi connectivity index (χ4v) is 4.75. The zero-order chi connectivity index (χ0) is 20.8. The molecule has 160 valence electrons. The summed E-state index contributed by atoms with van der Waals surface area (Å²) in [6.07, 6.45) is 1.99. The van der Waals surface area contributed by atoms with Crippen LogP contribution in [0.5, 0.6) is 0 Å². The second-order valence-electron chi connectivity index (χ2n) is 8.84. The van der Waals surface area contributed by atoms with E-state index in [-0.39, 0.29) is 17.9 Å². The third kappa shape index (κ3) is 6.03. The molecule has 6 nitrogen and oxygen atoms in total. The molecule has 3 rings (SSSR count). The number of hydrogen-bond donors (Lipinski definition) is 1. The van der Waals surface area contributed by atoms with Gasteiger partial charge in [-0.15, -0.1) is 0 Å². The average molecular weight is 401 g/mol.